The number of fused-ring (bicyclic) bond motifs is 1. The number of rotatable bonds is 9. The fourth-order valence-electron chi connectivity index (χ4n) is 3.44. The van der Waals surface area contributed by atoms with Gasteiger partial charge in [-0.15, -0.1) is 0 Å². The maximum atomic E-state index is 12.8. The van der Waals surface area contributed by atoms with Gasteiger partial charge in [-0.2, -0.15) is 0 Å². The number of hydrogen-bond acceptors (Lipinski definition) is 4. The molecular weight excluding hydrogens is 386 g/mol. The minimum atomic E-state index is -0.108. The average molecular weight is 414 g/mol. The SMILES string of the molecule is CCCCCN(CCC)c1ccc2nc(-c3ccc(OC)c(Cl)c3)cc(=O)n2c1. The van der Waals surface area contributed by atoms with E-state index in [4.69, 9.17) is 16.3 Å². The van der Waals surface area contributed by atoms with Gasteiger partial charge in [0, 0.05) is 30.9 Å². The van der Waals surface area contributed by atoms with E-state index in [9.17, 15) is 4.79 Å². The highest BCUT2D eigenvalue weighted by Gasteiger charge is 2.11. The van der Waals surface area contributed by atoms with Gasteiger partial charge >= 0.3 is 0 Å². The van der Waals surface area contributed by atoms with Gasteiger partial charge in [0.25, 0.3) is 5.56 Å². The molecule has 154 valence electrons. The van der Waals surface area contributed by atoms with Crippen LogP contribution in [0.25, 0.3) is 16.9 Å². The Morgan fingerprint density at radius 2 is 1.90 bits per heavy atom. The van der Waals surface area contributed by atoms with Crippen LogP contribution in [-0.4, -0.2) is 29.6 Å². The van der Waals surface area contributed by atoms with Crippen molar-refractivity contribution in [3.05, 3.63) is 58.0 Å². The van der Waals surface area contributed by atoms with Crippen LogP contribution in [-0.2, 0) is 0 Å². The Kier molecular flexibility index (Phi) is 7.15. The van der Waals surface area contributed by atoms with E-state index in [1.807, 2.05) is 24.4 Å². The third-order valence-electron chi connectivity index (χ3n) is 4.98. The topological polar surface area (TPSA) is 46.8 Å². The molecule has 0 aliphatic heterocycles. The lowest BCUT2D eigenvalue weighted by molar-refractivity contribution is 0.415. The third kappa shape index (κ3) is 4.91. The largest absolute Gasteiger partial charge is 0.495 e. The lowest BCUT2D eigenvalue weighted by atomic mass is 10.1. The number of hydrogen-bond donors (Lipinski definition) is 0. The molecule has 1 aromatic carbocycles. The summed E-state index contributed by atoms with van der Waals surface area (Å²) >= 11 is 6.23. The molecule has 0 fully saturated rings. The van der Waals surface area contributed by atoms with E-state index in [0.717, 1.165) is 37.2 Å². The Bertz CT molecular complexity index is 1030. The van der Waals surface area contributed by atoms with Gasteiger partial charge in [0.2, 0.25) is 0 Å². The second-order valence-electron chi connectivity index (χ2n) is 7.14. The molecule has 0 atom stereocenters. The number of anilines is 1. The Balaban J connectivity index is 1.96. The summed E-state index contributed by atoms with van der Waals surface area (Å²) in [5, 5.41) is 0.490. The van der Waals surface area contributed by atoms with Crippen molar-refractivity contribution in [2.45, 2.75) is 39.5 Å². The van der Waals surface area contributed by atoms with Gasteiger partial charge in [-0.25, -0.2) is 4.98 Å². The van der Waals surface area contributed by atoms with Gasteiger partial charge in [0.1, 0.15) is 11.4 Å². The lowest BCUT2D eigenvalue weighted by Crippen LogP contribution is -2.26. The summed E-state index contributed by atoms with van der Waals surface area (Å²) in [6.07, 6.45) is 6.52. The molecule has 6 heteroatoms. The molecule has 3 aromatic rings. The van der Waals surface area contributed by atoms with Gasteiger partial charge in [0.15, 0.2) is 0 Å². The smallest absolute Gasteiger partial charge is 0.258 e. The summed E-state index contributed by atoms with van der Waals surface area (Å²) in [5.74, 6) is 0.594. The van der Waals surface area contributed by atoms with Crippen LogP contribution in [0.1, 0.15) is 39.5 Å². The van der Waals surface area contributed by atoms with Gasteiger partial charge in [-0.05, 0) is 43.2 Å². The van der Waals surface area contributed by atoms with E-state index in [2.05, 4.69) is 23.7 Å². The molecule has 2 heterocycles. The Morgan fingerprint density at radius 3 is 2.59 bits per heavy atom. The number of unbranched alkanes of at least 4 members (excludes halogenated alkanes) is 2. The Labute approximate surface area is 176 Å². The maximum Gasteiger partial charge on any atom is 0.258 e. The molecule has 5 nitrogen and oxygen atoms in total. The summed E-state index contributed by atoms with van der Waals surface area (Å²) in [6, 6.07) is 10.9. The molecule has 0 amide bonds. The van der Waals surface area contributed by atoms with Crippen molar-refractivity contribution in [3.63, 3.8) is 0 Å². The van der Waals surface area contributed by atoms with E-state index in [1.165, 1.54) is 12.8 Å². The fourth-order valence-corrected chi connectivity index (χ4v) is 3.70. The highest BCUT2D eigenvalue weighted by Crippen LogP contribution is 2.29. The second-order valence-corrected chi connectivity index (χ2v) is 7.55. The van der Waals surface area contributed by atoms with Crippen LogP contribution < -0.4 is 15.2 Å². The van der Waals surface area contributed by atoms with E-state index in [0.29, 0.717) is 22.1 Å². The summed E-state index contributed by atoms with van der Waals surface area (Å²) in [6.45, 7) is 6.35. The zero-order valence-corrected chi connectivity index (χ0v) is 18.1. The predicted molar refractivity (Wildman–Crippen MR) is 120 cm³/mol. The standard InChI is InChI=1S/C23H28ClN3O2/c1-4-6-7-13-26(12-5-2)18-9-11-22-25-20(15-23(28)27(22)16-18)17-8-10-21(29-3)19(24)14-17/h8-11,14-16H,4-7,12-13H2,1-3H3. The number of methoxy groups -OCH3 is 1. The molecule has 2 aromatic heterocycles. The van der Waals surface area contributed by atoms with Crippen molar-refractivity contribution in [2.75, 3.05) is 25.1 Å². The second kappa shape index (κ2) is 9.79. The van der Waals surface area contributed by atoms with E-state index >= 15 is 0 Å². The molecule has 0 radical (unpaired) electrons. The van der Waals surface area contributed by atoms with Crippen LogP contribution in [0.5, 0.6) is 5.75 Å². The maximum absolute atomic E-state index is 12.8. The third-order valence-corrected chi connectivity index (χ3v) is 5.28. The van der Waals surface area contributed by atoms with Gasteiger partial charge < -0.3 is 9.64 Å². The fraction of sp³-hybridized carbons (Fsp3) is 0.391. The molecule has 0 saturated carbocycles. The normalized spacial score (nSPS) is 11.0. The predicted octanol–water partition coefficient (Wildman–Crippen LogP) is 5.43. The number of ether oxygens (including phenoxy) is 1. The molecule has 0 aliphatic rings. The highest BCUT2D eigenvalue weighted by molar-refractivity contribution is 6.32. The summed E-state index contributed by atoms with van der Waals surface area (Å²) in [5.41, 5.74) is 2.95. The zero-order chi connectivity index (χ0) is 20.8. The first kappa shape index (κ1) is 21.2. The van der Waals surface area contributed by atoms with Crippen LogP contribution in [0.2, 0.25) is 5.02 Å². The number of aromatic nitrogens is 2. The Hall–Kier alpha value is -2.53. The van der Waals surface area contributed by atoms with Crippen LogP contribution in [0.3, 0.4) is 0 Å². The molecule has 0 bridgehead atoms. The van der Waals surface area contributed by atoms with Crippen molar-refractivity contribution < 1.29 is 4.74 Å². The molecular formula is C23H28ClN3O2. The van der Waals surface area contributed by atoms with Crippen LogP contribution in [0.4, 0.5) is 5.69 Å². The first-order chi connectivity index (χ1) is 14.1. The summed E-state index contributed by atoms with van der Waals surface area (Å²) in [7, 11) is 1.57. The molecule has 0 saturated heterocycles. The highest BCUT2D eigenvalue weighted by atomic mass is 35.5. The summed E-state index contributed by atoms with van der Waals surface area (Å²) in [4.78, 5) is 19.8. The van der Waals surface area contributed by atoms with Crippen LogP contribution in [0, 0.1) is 0 Å². The Morgan fingerprint density at radius 1 is 1.07 bits per heavy atom. The van der Waals surface area contributed by atoms with E-state index in [1.54, 1.807) is 29.7 Å². The molecule has 0 spiro atoms. The first-order valence-corrected chi connectivity index (χ1v) is 10.6. The van der Waals surface area contributed by atoms with E-state index in [-0.39, 0.29) is 5.56 Å². The average Bonchev–Trinajstić information content (AvgIpc) is 2.73. The molecule has 0 unspecified atom stereocenters. The van der Waals surface area contributed by atoms with Gasteiger partial charge in [-0.1, -0.05) is 38.3 Å². The number of nitrogens with zero attached hydrogens (tertiary/aromatic N) is 3. The number of halogens is 1. The minimum Gasteiger partial charge on any atom is -0.495 e. The van der Waals surface area contributed by atoms with Gasteiger partial charge in [-0.3, -0.25) is 9.20 Å². The molecule has 29 heavy (non-hydrogen) atoms. The molecule has 0 N–H and O–H groups in total. The van der Waals surface area contributed by atoms with Crippen molar-refractivity contribution >= 4 is 22.9 Å². The zero-order valence-electron chi connectivity index (χ0n) is 17.3. The van der Waals surface area contributed by atoms with Crippen molar-refractivity contribution in [2.24, 2.45) is 0 Å². The first-order valence-electron chi connectivity index (χ1n) is 10.2. The van der Waals surface area contributed by atoms with Crippen molar-refractivity contribution in [1.82, 2.24) is 9.38 Å². The lowest BCUT2D eigenvalue weighted by Gasteiger charge is -2.24. The number of benzene rings is 1. The monoisotopic (exact) mass is 413 g/mol. The van der Waals surface area contributed by atoms with Gasteiger partial charge in [0.05, 0.1) is 23.5 Å². The molecule has 0 aliphatic carbocycles. The molecule has 3 rings (SSSR count). The summed E-state index contributed by atoms with van der Waals surface area (Å²) < 4.78 is 6.81. The minimum absolute atomic E-state index is 0.108. The van der Waals surface area contributed by atoms with Crippen molar-refractivity contribution in [3.8, 4) is 17.0 Å². The van der Waals surface area contributed by atoms with Crippen LogP contribution >= 0.6 is 11.6 Å². The van der Waals surface area contributed by atoms with E-state index < -0.39 is 0 Å². The van der Waals surface area contributed by atoms with Crippen LogP contribution in [0.15, 0.2) is 47.4 Å². The quantitative estimate of drug-likeness (QED) is 0.439. The number of pyridine rings is 1. The van der Waals surface area contributed by atoms with Crippen molar-refractivity contribution in [1.29, 1.82) is 0 Å².